The van der Waals surface area contributed by atoms with Crippen molar-refractivity contribution >= 4 is 47.1 Å². The Bertz CT molecular complexity index is 762. The van der Waals surface area contributed by atoms with Crippen molar-refractivity contribution in [2.45, 2.75) is 6.10 Å². The molecule has 3 rings (SSSR count). The number of hydrogen-bond donors (Lipinski definition) is 1. The molecule has 24 heavy (non-hydrogen) atoms. The third-order valence-electron chi connectivity index (χ3n) is 3.35. The standard InChI is InChI=1S/C17H14Cl2N2O2S/c18-12-3-6-15(16(19)7-12)17(22)21-20-8-11-1-4-13(5-2-11)23-14-9-24-10-14/h1-8,14H,9-10H2,(H,21,22)/b20-8-. The van der Waals surface area contributed by atoms with Crippen molar-refractivity contribution in [3.63, 3.8) is 0 Å². The minimum absolute atomic E-state index is 0.283. The van der Waals surface area contributed by atoms with Gasteiger partial charge in [-0.2, -0.15) is 16.9 Å². The lowest BCUT2D eigenvalue weighted by atomic mass is 10.2. The summed E-state index contributed by atoms with van der Waals surface area (Å²) >= 11 is 13.7. The van der Waals surface area contributed by atoms with Crippen LogP contribution in [0.15, 0.2) is 47.6 Å². The zero-order chi connectivity index (χ0) is 16.9. The summed E-state index contributed by atoms with van der Waals surface area (Å²) in [7, 11) is 0. The van der Waals surface area contributed by atoms with E-state index >= 15 is 0 Å². The summed E-state index contributed by atoms with van der Waals surface area (Å²) in [6.45, 7) is 0. The van der Waals surface area contributed by atoms with E-state index in [0.717, 1.165) is 22.8 Å². The molecule has 2 aromatic rings. The van der Waals surface area contributed by atoms with Gasteiger partial charge < -0.3 is 4.74 Å². The van der Waals surface area contributed by atoms with Crippen molar-refractivity contribution < 1.29 is 9.53 Å². The molecule has 1 amide bonds. The Morgan fingerprint density at radius 3 is 2.58 bits per heavy atom. The van der Waals surface area contributed by atoms with E-state index in [2.05, 4.69) is 10.5 Å². The van der Waals surface area contributed by atoms with Gasteiger partial charge in [0.2, 0.25) is 0 Å². The van der Waals surface area contributed by atoms with Crippen LogP contribution in [-0.4, -0.2) is 29.7 Å². The van der Waals surface area contributed by atoms with E-state index < -0.39 is 5.91 Å². The number of benzene rings is 2. The summed E-state index contributed by atoms with van der Waals surface area (Å²) in [5.74, 6) is 2.54. The van der Waals surface area contributed by atoms with Crippen LogP contribution >= 0.6 is 35.0 Å². The van der Waals surface area contributed by atoms with Crippen LogP contribution in [0.1, 0.15) is 15.9 Å². The Labute approximate surface area is 154 Å². The van der Waals surface area contributed by atoms with E-state index in [1.54, 1.807) is 18.3 Å². The summed E-state index contributed by atoms with van der Waals surface area (Å²) in [5.41, 5.74) is 3.62. The van der Waals surface area contributed by atoms with Gasteiger partial charge in [-0.3, -0.25) is 4.79 Å². The van der Waals surface area contributed by atoms with Gasteiger partial charge in [0.15, 0.2) is 0 Å². The van der Waals surface area contributed by atoms with Gasteiger partial charge in [-0.25, -0.2) is 5.43 Å². The normalized spacial score (nSPS) is 14.4. The molecule has 0 radical (unpaired) electrons. The number of halogens is 2. The average Bonchev–Trinajstić information content (AvgIpc) is 2.52. The quantitative estimate of drug-likeness (QED) is 0.622. The third-order valence-corrected chi connectivity index (χ3v) is 5.11. The first kappa shape index (κ1) is 17.1. The van der Waals surface area contributed by atoms with E-state index in [9.17, 15) is 4.79 Å². The van der Waals surface area contributed by atoms with Crippen LogP contribution in [0.25, 0.3) is 0 Å². The van der Waals surface area contributed by atoms with Gasteiger partial charge in [0.1, 0.15) is 11.9 Å². The number of carbonyl (C=O) groups is 1. The molecular formula is C17H14Cl2N2O2S. The Morgan fingerprint density at radius 1 is 1.21 bits per heavy atom. The van der Waals surface area contributed by atoms with Crippen LogP contribution in [0.2, 0.25) is 10.0 Å². The average molecular weight is 381 g/mol. The molecule has 1 N–H and O–H groups in total. The van der Waals surface area contributed by atoms with Crippen molar-refractivity contribution in [1.29, 1.82) is 0 Å². The molecule has 1 fully saturated rings. The van der Waals surface area contributed by atoms with Gasteiger partial charge in [0, 0.05) is 16.5 Å². The first-order valence-corrected chi connectivity index (χ1v) is 9.16. The fourth-order valence-electron chi connectivity index (χ4n) is 2.01. The highest BCUT2D eigenvalue weighted by Crippen LogP contribution is 2.24. The molecule has 0 atom stereocenters. The number of nitrogens with one attached hydrogen (secondary N) is 1. The van der Waals surface area contributed by atoms with Gasteiger partial charge in [0.05, 0.1) is 16.8 Å². The number of hydrogen-bond acceptors (Lipinski definition) is 4. The SMILES string of the molecule is O=C(N/N=C\c1ccc(OC2CSC2)cc1)c1ccc(Cl)cc1Cl. The van der Waals surface area contributed by atoms with Crippen LogP contribution in [0.5, 0.6) is 5.75 Å². The largest absolute Gasteiger partial charge is 0.489 e. The Morgan fingerprint density at radius 2 is 1.96 bits per heavy atom. The zero-order valence-electron chi connectivity index (χ0n) is 12.5. The summed E-state index contributed by atoms with van der Waals surface area (Å²) in [4.78, 5) is 12.0. The van der Waals surface area contributed by atoms with Crippen molar-refractivity contribution in [3.8, 4) is 5.75 Å². The number of rotatable bonds is 5. The molecule has 0 saturated carbocycles. The topological polar surface area (TPSA) is 50.7 Å². The lowest BCUT2D eigenvalue weighted by Crippen LogP contribution is -2.30. The number of carbonyl (C=O) groups excluding carboxylic acids is 1. The van der Waals surface area contributed by atoms with Crippen LogP contribution < -0.4 is 10.2 Å². The minimum atomic E-state index is -0.393. The molecule has 0 unspecified atom stereocenters. The first-order chi connectivity index (χ1) is 11.6. The predicted molar refractivity (Wildman–Crippen MR) is 99.7 cm³/mol. The van der Waals surface area contributed by atoms with Crippen LogP contribution in [0, 0.1) is 0 Å². The van der Waals surface area contributed by atoms with E-state index in [1.807, 2.05) is 36.0 Å². The molecule has 0 aliphatic carbocycles. The maximum Gasteiger partial charge on any atom is 0.272 e. The highest BCUT2D eigenvalue weighted by atomic mass is 35.5. The number of amides is 1. The molecule has 1 aliphatic heterocycles. The van der Waals surface area contributed by atoms with E-state index in [-0.39, 0.29) is 5.02 Å². The molecular weight excluding hydrogens is 367 g/mol. The van der Waals surface area contributed by atoms with Gasteiger partial charge in [-0.1, -0.05) is 23.2 Å². The van der Waals surface area contributed by atoms with Gasteiger partial charge in [0.25, 0.3) is 5.91 Å². The second kappa shape index (κ2) is 7.92. The second-order valence-electron chi connectivity index (χ2n) is 5.17. The highest BCUT2D eigenvalue weighted by Gasteiger charge is 2.19. The summed E-state index contributed by atoms with van der Waals surface area (Å²) in [6.07, 6.45) is 1.88. The van der Waals surface area contributed by atoms with Crippen LogP contribution in [-0.2, 0) is 0 Å². The smallest absolute Gasteiger partial charge is 0.272 e. The van der Waals surface area contributed by atoms with E-state index in [4.69, 9.17) is 27.9 Å². The van der Waals surface area contributed by atoms with E-state index in [0.29, 0.717) is 16.7 Å². The zero-order valence-corrected chi connectivity index (χ0v) is 14.9. The molecule has 1 aliphatic rings. The van der Waals surface area contributed by atoms with Gasteiger partial charge >= 0.3 is 0 Å². The molecule has 124 valence electrons. The Hall–Kier alpha value is -1.69. The lowest BCUT2D eigenvalue weighted by molar-refractivity contribution is 0.0955. The maximum absolute atomic E-state index is 12.0. The van der Waals surface area contributed by atoms with E-state index in [1.165, 1.54) is 6.07 Å². The number of nitrogens with zero attached hydrogens (tertiary/aromatic N) is 1. The van der Waals surface area contributed by atoms with Gasteiger partial charge in [-0.05, 0) is 48.0 Å². The number of hydrazone groups is 1. The fourth-order valence-corrected chi connectivity index (χ4v) is 3.06. The second-order valence-corrected chi connectivity index (χ2v) is 7.09. The van der Waals surface area contributed by atoms with Gasteiger partial charge in [-0.15, -0.1) is 0 Å². The summed E-state index contributed by atoms with van der Waals surface area (Å²) in [5, 5.41) is 4.70. The molecule has 7 heteroatoms. The molecule has 1 saturated heterocycles. The maximum atomic E-state index is 12.0. The number of ether oxygens (including phenoxy) is 1. The van der Waals surface area contributed by atoms with Crippen LogP contribution in [0.3, 0.4) is 0 Å². The lowest BCUT2D eigenvalue weighted by Gasteiger charge is -2.25. The Balaban J connectivity index is 1.56. The molecule has 2 aromatic carbocycles. The third kappa shape index (κ3) is 4.44. The molecule has 1 heterocycles. The fraction of sp³-hybridized carbons (Fsp3) is 0.176. The molecule has 4 nitrogen and oxygen atoms in total. The number of thioether (sulfide) groups is 1. The molecule has 0 bridgehead atoms. The van der Waals surface area contributed by atoms with Crippen molar-refractivity contribution in [3.05, 3.63) is 63.6 Å². The summed E-state index contributed by atoms with van der Waals surface area (Å²) < 4.78 is 5.77. The van der Waals surface area contributed by atoms with Crippen molar-refractivity contribution in [1.82, 2.24) is 5.43 Å². The van der Waals surface area contributed by atoms with Crippen LogP contribution in [0.4, 0.5) is 0 Å². The summed E-state index contributed by atoms with van der Waals surface area (Å²) in [6, 6.07) is 12.2. The Kier molecular flexibility index (Phi) is 5.66. The molecule has 0 spiro atoms. The monoisotopic (exact) mass is 380 g/mol. The minimum Gasteiger partial charge on any atom is -0.489 e. The van der Waals surface area contributed by atoms with Crippen molar-refractivity contribution in [2.24, 2.45) is 5.10 Å². The first-order valence-electron chi connectivity index (χ1n) is 7.25. The van der Waals surface area contributed by atoms with Crippen molar-refractivity contribution in [2.75, 3.05) is 11.5 Å². The highest BCUT2D eigenvalue weighted by molar-refractivity contribution is 8.00. The predicted octanol–water partition coefficient (Wildman–Crippen LogP) is 4.25. The molecule has 0 aromatic heterocycles.